The van der Waals surface area contributed by atoms with Gasteiger partial charge >= 0.3 is 0 Å². The number of rotatable bonds is 5. The summed E-state index contributed by atoms with van der Waals surface area (Å²) in [5, 5.41) is 10.7. The number of carbonyl (C=O) groups excluding carboxylic acids is 1. The first-order valence-electron chi connectivity index (χ1n) is 8.04. The van der Waals surface area contributed by atoms with Crippen LogP contribution in [0.25, 0.3) is 0 Å². The van der Waals surface area contributed by atoms with E-state index in [1.165, 1.54) is 11.8 Å². The average molecular weight is 334 g/mol. The van der Waals surface area contributed by atoms with Crippen molar-refractivity contribution < 1.29 is 14.6 Å². The Morgan fingerprint density at radius 1 is 1.48 bits per heavy atom. The summed E-state index contributed by atoms with van der Waals surface area (Å²) in [5.74, 6) is 1.40. The molecule has 2 atom stereocenters. The number of amides is 1. The van der Waals surface area contributed by atoms with Crippen molar-refractivity contribution in [1.82, 2.24) is 4.90 Å². The number of ether oxygens (including phenoxy) is 1. The summed E-state index contributed by atoms with van der Waals surface area (Å²) in [4.78, 5) is 19.1. The zero-order chi connectivity index (χ0) is 16.2. The van der Waals surface area contributed by atoms with Crippen LogP contribution in [0.15, 0.2) is 29.3 Å². The molecule has 1 amide bonds. The number of thioether (sulfide) groups is 1. The van der Waals surface area contributed by atoms with E-state index in [2.05, 4.69) is 4.99 Å². The minimum atomic E-state index is -0.333. The lowest BCUT2D eigenvalue weighted by Crippen LogP contribution is -2.37. The first kappa shape index (κ1) is 16.3. The maximum atomic E-state index is 12.6. The van der Waals surface area contributed by atoms with Crippen molar-refractivity contribution in [2.75, 3.05) is 32.1 Å². The molecular weight excluding hydrogens is 312 g/mol. The lowest BCUT2D eigenvalue weighted by Gasteiger charge is -2.18. The van der Waals surface area contributed by atoms with E-state index < -0.39 is 0 Å². The van der Waals surface area contributed by atoms with Crippen LogP contribution in [0.2, 0.25) is 0 Å². The van der Waals surface area contributed by atoms with E-state index in [4.69, 9.17) is 4.74 Å². The molecule has 0 spiro atoms. The Hall–Kier alpha value is -1.53. The van der Waals surface area contributed by atoms with Gasteiger partial charge in [-0.05, 0) is 25.5 Å². The largest absolute Gasteiger partial charge is 0.507 e. The van der Waals surface area contributed by atoms with Crippen molar-refractivity contribution >= 4 is 22.7 Å². The minimum Gasteiger partial charge on any atom is -0.507 e. The lowest BCUT2D eigenvalue weighted by molar-refractivity contribution is -0.131. The fourth-order valence-corrected chi connectivity index (χ4v) is 4.03. The Morgan fingerprint density at radius 3 is 3.09 bits per heavy atom. The van der Waals surface area contributed by atoms with Gasteiger partial charge in [-0.25, -0.2) is 0 Å². The summed E-state index contributed by atoms with van der Waals surface area (Å²) in [5.41, 5.74) is 0.712. The number of para-hydroxylation sites is 1. The van der Waals surface area contributed by atoms with Gasteiger partial charge in [-0.15, -0.1) is 11.8 Å². The summed E-state index contributed by atoms with van der Waals surface area (Å²) < 4.78 is 5.46. The van der Waals surface area contributed by atoms with Gasteiger partial charge < -0.3 is 14.7 Å². The molecule has 124 valence electrons. The third-order valence-electron chi connectivity index (χ3n) is 4.23. The molecular formula is C17H22N2O3S. The molecule has 1 aromatic carbocycles. The molecule has 0 bridgehead atoms. The molecule has 0 unspecified atom stereocenters. The number of nitrogens with zero attached hydrogens (tertiary/aromatic N) is 2. The first-order valence-corrected chi connectivity index (χ1v) is 9.03. The number of aromatic hydroxyl groups is 1. The van der Waals surface area contributed by atoms with Crippen LogP contribution >= 0.6 is 11.8 Å². The molecule has 0 aliphatic carbocycles. The van der Waals surface area contributed by atoms with Gasteiger partial charge in [0.05, 0.1) is 6.61 Å². The van der Waals surface area contributed by atoms with Gasteiger partial charge in [0, 0.05) is 36.9 Å². The highest BCUT2D eigenvalue weighted by Crippen LogP contribution is 2.30. The Bertz CT molecular complexity index is 605. The molecule has 1 saturated heterocycles. The monoisotopic (exact) mass is 334 g/mol. The van der Waals surface area contributed by atoms with Crippen molar-refractivity contribution in [2.24, 2.45) is 10.9 Å². The van der Waals surface area contributed by atoms with Gasteiger partial charge in [-0.3, -0.25) is 9.79 Å². The number of hydrogen-bond acceptors (Lipinski definition) is 5. The molecule has 2 aliphatic heterocycles. The van der Waals surface area contributed by atoms with Crippen LogP contribution in [0.3, 0.4) is 0 Å². The van der Waals surface area contributed by atoms with Crippen LogP contribution in [0.1, 0.15) is 18.9 Å². The molecule has 3 rings (SSSR count). The maximum absolute atomic E-state index is 12.6. The second-order valence-electron chi connectivity index (χ2n) is 5.88. The summed E-state index contributed by atoms with van der Waals surface area (Å²) in [6.45, 7) is 4.99. The number of phenolic OH excluding ortho intramolecular Hbond substituents is 1. The highest BCUT2D eigenvalue weighted by Gasteiger charge is 2.34. The van der Waals surface area contributed by atoms with Crippen LogP contribution in [0.4, 0.5) is 0 Å². The van der Waals surface area contributed by atoms with Crippen LogP contribution in [0, 0.1) is 5.92 Å². The van der Waals surface area contributed by atoms with Crippen LogP contribution in [0.5, 0.6) is 5.75 Å². The molecule has 23 heavy (non-hydrogen) atoms. The van der Waals surface area contributed by atoms with E-state index in [9.17, 15) is 9.90 Å². The smallest absolute Gasteiger partial charge is 0.248 e. The fourth-order valence-electron chi connectivity index (χ4n) is 2.97. The molecule has 2 heterocycles. The van der Waals surface area contributed by atoms with E-state index >= 15 is 0 Å². The zero-order valence-corrected chi connectivity index (χ0v) is 14.1. The zero-order valence-electron chi connectivity index (χ0n) is 13.3. The summed E-state index contributed by atoms with van der Waals surface area (Å²) in [6, 6.07) is 6.80. The van der Waals surface area contributed by atoms with Gasteiger partial charge in [0.25, 0.3) is 0 Å². The molecule has 0 radical (unpaired) electrons. The molecule has 0 aromatic heterocycles. The predicted octanol–water partition coefficient (Wildman–Crippen LogP) is 2.14. The quantitative estimate of drug-likeness (QED) is 0.896. The Morgan fingerprint density at radius 2 is 2.30 bits per heavy atom. The van der Waals surface area contributed by atoms with E-state index in [-0.39, 0.29) is 17.7 Å². The first-order chi connectivity index (χ1) is 11.2. The van der Waals surface area contributed by atoms with Crippen molar-refractivity contribution in [3.63, 3.8) is 0 Å². The highest BCUT2D eigenvalue weighted by atomic mass is 32.2. The summed E-state index contributed by atoms with van der Waals surface area (Å²) in [7, 11) is 0. The highest BCUT2D eigenvalue weighted by molar-refractivity contribution is 8.14. The third-order valence-corrected chi connectivity index (χ3v) is 5.31. The molecule has 1 N–H and O–H groups in total. The van der Waals surface area contributed by atoms with Crippen LogP contribution < -0.4 is 0 Å². The van der Waals surface area contributed by atoms with Gasteiger partial charge in [0.1, 0.15) is 16.8 Å². The molecule has 5 nitrogen and oxygen atoms in total. The maximum Gasteiger partial charge on any atom is 0.248 e. The molecule has 1 aromatic rings. The molecule has 2 aliphatic rings. The third kappa shape index (κ3) is 3.70. The van der Waals surface area contributed by atoms with Crippen LogP contribution in [-0.2, 0) is 9.53 Å². The van der Waals surface area contributed by atoms with Gasteiger partial charge in [-0.1, -0.05) is 12.1 Å². The van der Waals surface area contributed by atoms with E-state index in [1.807, 2.05) is 24.0 Å². The second kappa shape index (κ2) is 7.36. The Labute approximate surface area is 140 Å². The number of hydrogen-bond donors (Lipinski definition) is 1. The van der Waals surface area contributed by atoms with Crippen molar-refractivity contribution in [1.29, 1.82) is 0 Å². The number of carbonyl (C=O) groups is 1. The lowest BCUT2D eigenvalue weighted by atomic mass is 10.1. The van der Waals surface area contributed by atoms with Crippen molar-refractivity contribution in [3.05, 3.63) is 29.8 Å². The van der Waals surface area contributed by atoms with Gasteiger partial charge in [0.2, 0.25) is 5.91 Å². The fraction of sp³-hybridized carbons (Fsp3) is 0.529. The van der Waals surface area contributed by atoms with E-state index in [0.29, 0.717) is 17.2 Å². The summed E-state index contributed by atoms with van der Waals surface area (Å²) >= 11 is 1.54. The number of likely N-dealkylation sites (tertiary alicyclic amines) is 1. The normalized spacial score (nSPS) is 24.0. The SMILES string of the molecule is CCOC[C@H]1CCN(C(=O)[C@H]2CSC(c3ccccc3O)=N2)C1. The molecule has 0 saturated carbocycles. The number of benzene rings is 1. The van der Waals surface area contributed by atoms with Gasteiger partial charge in [-0.2, -0.15) is 0 Å². The standard InChI is InChI=1S/C17H22N2O3S/c1-2-22-10-12-7-8-19(9-12)17(21)14-11-23-16(18-14)13-5-3-4-6-15(13)20/h3-6,12,14,20H,2,7-11H2,1H3/t12-,14+/m0/s1. The van der Waals surface area contributed by atoms with E-state index in [0.717, 1.165) is 37.8 Å². The second-order valence-corrected chi connectivity index (χ2v) is 6.89. The Balaban J connectivity index is 1.62. The van der Waals surface area contributed by atoms with E-state index in [1.54, 1.807) is 12.1 Å². The molecule has 1 fully saturated rings. The number of aliphatic imine (C=N–C) groups is 1. The number of phenols is 1. The topological polar surface area (TPSA) is 62.1 Å². The van der Waals surface area contributed by atoms with Crippen molar-refractivity contribution in [3.8, 4) is 5.75 Å². The molecule has 6 heteroatoms. The summed E-state index contributed by atoms with van der Waals surface area (Å²) in [6.07, 6.45) is 1.00. The predicted molar refractivity (Wildman–Crippen MR) is 92.1 cm³/mol. The van der Waals surface area contributed by atoms with Crippen LogP contribution in [-0.4, -0.2) is 59.1 Å². The van der Waals surface area contributed by atoms with Crippen molar-refractivity contribution in [2.45, 2.75) is 19.4 Å². The average Bonchev–Trinajstić information content (AvgIpc) is 3.22. The Kier molecular flexibility index (Phi) is 5.23. The van der Waals surface area contributed by atoms with Gasteiger partial charge in [0.15, 0.2) is 0 Å². The minimum absolute atomic E-state index is 0.0990.